The minimum absolute atomic E-state index is 0.160. The maximum atomic E-state index is 11.4. The predicted octanol–water partition coefficient (Wildman–Crippen LogP) is -0.162. The van der Waals surface area contributed by atoms with Crippen LogP contribution in [0.5, 0.6) is 0 Å². The quantitative estimate of drug-likeness (QED) is 0.672. The minimum atomic E-state index is 0.160. The molecule has 1 saturated heterocycles. The summed E-state index contributed by atoms with van der Waals surface area (Å²) in [7, 11) is 3.46. The Labute approximate surface area is 117 Å². The SMILES string of the molecule is COCCNCc1nnc(NC2CCC(=O)N(C)C2)o1. The summed E-state index contributed by atoms with van der Waals surface area (Å²) < 4.78 is 10.4. The van der Waals surface area contributed by atoms with Gasteiger partial charge in [-0.2, -0.15) is 0 Å². The molecule has 0 bridgehead atoms. The fourth-order valence-corrected chi connectivity index (χ4v) is 2.06. The van der Waals surface area contributed by atoms with Gasteiger partial charge in [-0.3, -0.25) is 4.79 Å². The van der Waals surface area contributed by atoms with Crippen molar-refractivity contribution in [1.82, 2.24) is 20.4 Å². The van der Waals surface area contributed by atoms with E-state index in [9.17, 15) is 4.79 Å². The smallest absolute Gasteiger partial charge is 0.315 e. The van der Waals surface area contributed by atoms with E-state index in [1.165, 1.54) is 0 Å². The molecular formula is C12H21N5O3. The number of methoxy groups -OCH3 is 1. The third-order valence-corrected chi connectivity index (χ3v) is 3.18. The van der Waals surface area contributed by atoms with E-state index in [0.29, 0.717) is 38.0 Å². The van der Waals surface area contributed by atoms with E-state index in [-0.39, 0.29) is 11.9 Å². The van der Waals surface area contributed by atoms with Gasteiger partial charge >= 0.3 is 6.01 Å². The number of amides is 1. The lowest BCUT2D eigenvalue weighted by molar-refractivity contribution is -0.132. The molecule has 2 heterocycles. The van der Waals surface area contributed by atoms with E-state index in [1.54, 1.807) is 19.1 Å². The normalized spacial score (nSPS) is 19.4. The van der Waals surface area contributed by atoms with Gasteiger partial charge in [0.2, 0.25) is 11.8 Å². The van der Waals surface area contributed by atoms with Crippen LogP contribution in [0.15, 0.2) is 4.42 Å². The molecule has 20 heavy (non-hydrogen) atoms. The number of aromatic nitrogens is 2. The zero-order valence-corrected chi connectivity index (χ0v) is 11.9. The first-order chi connectivity index (χ1) is 9.69. The number of rotatable bonds is 7. The van der Waals surface area contributed by atoms with Gasteiger partial charge in [-0.05, 0) is 6.42 Å². The van der Waals surface area contributed by atoms with Crippen LogP contribution < -0.4 is 10.6 Å². The fraction of sp³-hybridized carbons (Fsp3) is 0.750. The van der Waals surface area contributed by atoms with Gasteiger partial charge in [-0.25, -0.2) is 0 Å². The highest BCUT2D eigenvalue weighted by Crippen LogP contribution is 2.15. The van der Waals surface area contributed by atoms with E-state index < -0.39 is 0 Å². The molecule has 2 N–H and O–H groups in total. The lowest BCUT2D eigenvalue weighted by Gasteiger charge is -2.29. The number of nitrogens with one attached hydrogen (secondary N) is 2. The number of hydrogen-bond donors (Lipinski definition) is 2. The van der Waals surface area contributed by atoms with Gasteiger partial charge in [0.05, 0.1) is 13.2 Å². The first kappa shape index (κ1) is 14.7. The van der Waals surface area contributed by atoms with Crippen LogP contribution in [0.1, 0.15) is 18.7 Å². The van der Waals surface area contributed by atoms with Crippen molar-refractivity contribution in [3.8, 4) is 0 Å². The summed E-state index contributed by atoms with van der Waals surface area (Å²) in [5.74, 6) is 0.709. The Morgan fingerprint density at radius 2 is 2.35 bits per heavy atom. The third-order valence-electron chi connectivity index (χ3n) is 3.18. The van der Waals surface area contributed by atoms with Crippen molar-refractivity contribution in [2.24, 2.45) is 0 Å². The average Bonchev–Trinajstić information content (AvgIpc) is 2.87. The highest BCUT2D eigenvalue weighted by molar-refractivity contribution is 5.76. The molecule has 1 aliphatic rings. The number of anilines is 1. The Bertz CT molecular complexity index is 436. The van der Waals surface area contributed by atoms with Crippen molar-refractivity contribution >= 4 is 11.9 Å². The van der Waals surface area contributed by atoms with E-state index in [2.05, 4.69) is 20.8 Å². The van der Waals surface area contributed by atoms with Crippen molar-refractivity contribution in [3.63, 3.8) is 0 Å². The molecule has 1 fully saturated rings. The first-order valence-electron chi connectivity index (χ1n) is 6.71. The summed E-state index contributed by atoms with van der Waals surface area (Å²) in [5, 5.41) is 14.2. The molecule has 8 nitrogen and oxygen atoms in total. The monoisotopic (exact) mass is 283 g/mol. The first-order valence-corrected chi connectivity index (χ1v) is 6.71. The predicted molar refractivity (Wildman–Crippen MR) is 72.2 cm³/mol. The van der Waals surface area contributed by atoms with E-state index in [0.717, 1.165) is 13.0 Å². The summed E-state index contributed by atoms with van der Waals surface area (Å²) in [6, 6.07) is 0.564. The van der Waals surface area contributed by atoms with Gasteiger partial charge < -0.3 is 24.7 Å². The molecular weight excluding hydrogens is 262 g/mol. The summed E-state index contributed by atoms with van der Waals surface area (Å²) in [4.78, 5) is 13.1. The Morgan fingerprint density at radius 3 is 3.10 bits per heavy atom. The molecule has 0 spiro atoms. The molecule has 1 aromatic rings. The summed E-state index contributed by atoms with van der Waals surface area (Å²) in [6.07, 6.45) is 1.33. The molecule has 2 rings (SSSR count). The minimum Gasteiger partial charge on any atom is -0.407 e. The molecule has 1 amide bonds. The van der Waals surface area contributed by atoms with Crippen molar-refractivity contribution in [3.05, 3.63) is 5.89 Å². The Balaban J connectivity index is 1.76. The molecule has 112 valence electrons. The highest BCUT2D eigenvalue weighted by Gasteiger charge is 2.23. The average molecular weight is 283 g/mol. The zero-order chi connectivity index (χ0) is 14.4. The largest absolute Gasteiger partial charge is 0.407 e. The van der Waals surface area contributed by atoms with E-state index >= 15 is 0 Å². The number of likely N-dealkylation sites (tertiary alicyclic amines) is 1. The van der Waals surface area contributed by atoms with Crippen LogP contribution in [0.4, 0.5) is 6.01 Å². The van der Waals surface area contributed by atoms with Crippen LogP contribution in [-0.4, -0.2) is 60.9 Å². The number of piperidine rings is 1. The number of carbonyl (C=O) groups is 1. The molecule has 0 aromatic carbocycles. The fourth-order valence-electron chi connectivity index (χ4n) is 2.06. The topological polar surface area (TPSA) is 92.5 Å². The highest BCUT2D eigenvalue weighted by atomic mass is 16.5. The maximum absolute atomic E-state index is 11.4. The molecule has 1 aromatic heterocycles. The summed E-state index contributed by atoms with van der Waals surface area (Å²) >= 11 is 0. The second kappa shape index (κ2) is 7.20. The molecule has 1 atom stereocenters. The summed E-state index contributed by atoms with van der Waals surface area (Å²) in [5.41, 5.74) is 0. The Kier molecular flexibility index (Phi) is 5.31. The van der Waals surface area contributed by atoms with E-state index in [1.807, 2.05) is 0 Å². The molecule has 1 aliphatic heterocycles. The van der Waals surface area contributed by atoms with Crippen LogP contribution in [0, 0.1) is 0 Å². The number of hydrogen-bond acceptors (Lipinski definition) is 7. The third kappa shape index (κ3) is 4.17. The van der Waals surface area contributed by atoms with Crippen LogP contribution >= 0.6 is 0 Å². The second-order valence-corrected chi connectivity index (χ2v) is 4.82. The number of likely N-dealkylation sites (N-methyl/N-ethyl adjacent to an activating group) is 1. The number of ether oxygens (including phenoxy) is 1. The van der Waals surface area contributed by atoms with Crippen LogP contribution in [0.3, 0.4) is 0 Å². The number of nitrogens with zero attached hydrogens (tertiary/aromatic N) is 3. The van der Waals surface area contributed by atoms with Crippen LogP contribution in [0.2, 0.25) is 0 Å². The molecule has 8 heteroatoms. The van der Waals surface area contributed by atoms with Gasteiger partial charge in [0, 0.05) is 39.7 Å². The lowest BCUT2D eigenvalue weighted by atomic mass is 10.1. The second-order valence-electron chi connectivity index (χ2n) is 4.82. The number of carbonyl (C=O) groups excluding carboxylic acids is 1. The van der Waals surface area contributed by atoms with Gasteiger partial charge in [0.15, 0.2) is 0 Å². The standard InChI is InChI=1S/C12H21N5O3/c1-17-8-9(3-4-11(17)18)14-12-16-15-10(20-12)7-13-5-6-19-2/h9,13H,3-8H2,1-2H3,(H,14,16). The molecule has 0 aliphatic carbocycles. The van der Waals surface area contributed by atoms with Gasteiger partial charge in [0.25, 0.3) is 0 Å². The van der Waals surface area contributed by atoms with Crippen molar-refractivity contribution in [2.75, 3.05) is 39.2 Å². The van der Waals surface area contributed by atoms with Crippen LogP contribution in [-0.2, 0) is 16.1 Å². The zero-order valence-electron chi connectivity index (χ0n) is 11.9. The van der Waals surface area contributed by atoms with Gasteiger partial charge in [0.1, 0.15) is 0 Å². The molecule has 1 unspecified atom stereocenters. The van der Waals surface area contributed by atoms with Gasteiger partial charge in [-0.1, -0.05) is 5.10 Å². The molecule has 0 radical (unpaired) electrons. The Morgan fingerprint density at radius 1 is 1.50 bits per heavy atom. The van der Waals surface area contributed by atoms with Crippen molar-refractivity contribution in [2.45, 2.75) is 25.4 Å². The molecule has 0 saturated carbocycles. The van der Waals surface area contributed by atoms with Gasteiger partial charge in [-0.15, -0.1) is 5.10 Å². The van der Waals surface area contributed by atoms with E-state index in [4.69, 9.17) is 9.15 Å². The van der Waals surface area contributed by atoms with Crippen molar-refractivity contribution in [1.29, 1.82) is 0 Å². The summed E-state index contributed by atoms with van der Waals surface area (Å²) in [6.45, 7) is 2.54. The van der Waals surface area contributed by atoms with Crippen LogP contribution in [0.25, 0.3) is 0 Å². The maximum Gasteiger partial charge on any atom is 0.315 e. The lowest BCUT2D eigenvalue weighted by Crippen LogP contribution is -2.43. The van der Waals surface area contributed by atoms with Crippen molar-refractivity contribution < 1.29 is 13.9 Å². The Hall–Kier alpha value is -1.67.